The zero-order chi connectivity index (χ0) is 20.4. The molecule has 0 saturated heterocycles. The van der Waals surface area contributed by atoms with Crippen molar-refractivity contribution in [1.82, 2.24) is 10.1 Å². The molecular formula is C18H13Cl2N3O5. The predicted octanol–water partition coefficient (Wildman–Crippen LogP) is 3.68. The standard InChI is InChI=1S/C18H13Cl2N3O5/c1-8-13(15(23-28-8)14-10(19)4-3-5-11(14)20)17(25)22-12-6-9(18(26)27-2)7-21-16(12)24/h3-7H,1-2H3,(H,21,24)(H,22,25). The number of hydrogen-bond donors (Lipinski definition) is 2. The number of rotatable bonds is 4. The van der Waals surface area contributed by atoms with E-state index in [4.69, 9.17) is 27.7 Å². The Morgan fingerprint density at radius 2 is 1.93 bits per heavy atom. The number of esters is 1. The van der Waals surface area contributed by atoms with Crippen molar-refractivity contribution in [2.45, 2.75) is 6.92 Å². The first kappa shape index (κ1) is 19.7. The molecule has 1 amide bonds. The number of H-pyrrole nitrogens is 1. The van der Waals surface area contributed by atoms with E-state index in [0.29, 0.717) is 5.56 Å². The van der Waals surface area contributed by atoms with Crippen LogP contribution in [0, 0.1) is 6.92 Å². The summed E-state index contributed by atoms with van der Waals surface area (Å²) < 4.78 is 9.74. The number of hydrogen-bond acceptors (Lipinski definition) is 6. The second kappa shape index (κ2) is 7.87. The molecule has 0 radical (unpaired) electrons. The number of aromatic amines is 1. The summed E-state index contributed by atoms with van der Waals surface area (Å²) in [7, 11) is 1.20. The summed E-state index contributed by atoms with van der Waals surface area (Å²) in [5, 5.41) is 6.89. The highest BCUT2D eigenvalue weighted by Gasteiger charge is 2.25. The van der Waals surface area contributed by atoms with Crippen LogP contribution in [0.4, 0.5) is 5.69 Å². The molecule has 3 rings (SSSR count). The Bertz CT molecular complexity index is 1120. The van der Waals surface area contributed by atoms with Gasteiger partial charge in [-0.25, -0.2) is 4.79 Å². The summed E-state index contributed by atoms with van der Waals surface area (Å²) in [6, 6.07) is 6.05. The molecule has 0 spiro atoms. The summed E-state index contributed by atoms with van der Waals surface area (Å²) >= 11 is 12.4. The Hall–Kier alpha value is -3.10. The number of nitrogens with zero attached hydrogens (tertiary/aromatic N) is 1. The molecule has 0 aliphatic rings. The smallest absolute Gasteiger partial charge is 0.339 e. The summed E-state index contributed by atoms with van der Waals surface area (Å²) in [4.78, 5) is 38.9. The van der Waals surface area contributed by atoms with Crippen molar-refractivity contribution in [2.75, 3.05) is 12.4 Å². The largest absolute Gasteiger partial charge is 0.465 e. The zero-order valence-electron chi connectivity index (χ0n) is 14.6. The van der Waals surface area contributed by atoms with Crippen LogP contribution in [0.25, 0.3) is 11.3 Å². The lowest BCUT2D eigenvalue weighted by Crippen LogP contribution is -2.21. The van der Waals surface area contributed by atoms with E-state index >= 15 is 0 Å². The van der Waals surface area contributed by atoms with Crippen molar-refractivity contribution in [1.29, 1.82) is 0 Å². The maximum Gasteiger partial charge on any atom is 0.339 e. The number of carbonyl (C=O) groups excluding carboxylic acids is 2. The molecule has 2 aromatic heterocycles. The minimum absolute atomic E-state index is 0.0536. The third kappa shape index (κ3) is 3.64. The first-order valence-electron chi connectivity index (χ1n) is 7.86. The number of aromatic nitrogens is 2. The van der Waals surface area contributed by atoms with Crippen LogP contribution in [0.2, 0.25) is 10.0 Å². The normalized spacial score (nSPS) is 10.6. The molecule has 0 aliphatic heterocycles. The monoisotopic (exact) mass is 421 g/mol. The SMILES string of the molecule is COC(=O)c1c[nH]c(=O)c(NC(=O)c2c(-c3c(Cl)cccc3Cl)noc2C)c1. The van der Waals surface area contributed by atoms with E-state index in [9.17, 15) is 14.4 Å². The van der Waals surface area contributed by atoms with E-state index in [1.54, 1.807) is 18.2 Å². The number of methoxy groups -OCH3 is 1. The van der Waals surface area contributed by atoms with Crippen LogP contribution in [0.3, 0.4) is 0 Å². The van der Waals surface area contributed by atoms with Crippen molar-refractivity contribution in [3.05, 3.63) is 67.7 Å². The van der Waals surface area contributed by atoms with Crippen molar-refractivity contribution in [2.24, 2.45) is 0 Å². The lowest BCUT2D eigenvalue weighted by molar-refractivity contribution is 0.0600. The van der Waals surface area contributed by atoms with Gasteiger partial charge in [0.15, 0.2) is 0 Å². The summed E-state index contributed by atoms with van der Waals surface area (Å²) in [6.07, 6.45) is 1.18. The number of carbonyl (C=O) groups is 2. The zero-order valence-corrected chi connectivity index (χ0v) is 16.1. The molecule has 0 unspecified atom stereocenters. The van der Waals surface area contributed by atoms with Gasteiger partial charge < -0.3 is 19.6 Å². The van der Waals surface area contributed by atoms with Crippen molar-refractivity contribution in [3.8, 4) is 11.3 Å². The Balaban J connectivity index is 2.03. The first-order chi connectivity index (χ1) is 13.3. The van der Waals surface area contributed by atoms with E-state index in [1.807, 2.05) is 0 Å². The van der Waals surface area contributed by atoms with Crippen molar-refractivity contribution < 1.29 is 18.8 Å². The summed E-state index contributed by atoms with van der Waals surface area (Å²) in [5.41, 5.74) is -0.181. The lowest BCUT2D eigenvalue weighted by atomic mass is 10.1. The molecule has 0 atom stereocenters. The van der Waals surface area contributed by atoms with E-state index in [-0.39, 0.29) is 38.3 Å². The Morgan fingerprint density at radius 3 is 2.57 bits per heavy atom. The number of ether oxygens (including phenoxy) is 1. The predicted molar refractivity (Wildman–Crippen MR) is 103 cm³/mol. The second-order valence-corrected chi connectivity index (χ2v) is 6.45. The number of anilines is 1. The van der Waals surface area contributed by atoms with Crippen LogP contribution in [-0.2, 0) is 4.74 Å². The first-order valence-corrected chi connectivity index (χ1v) is 8.62. The molecule has 144 valence electrons. The van der Waals surface area contributed by atoms with Gasteiger partial charge in [0.2, 0.25) is 0 Å². The topological polar surface area (TPSA) is 114 Å². The van der Waals surface area contributed by atoms with E-state index in [2.05, 4.69) is 20.2 Å². The number of halogens is 2. The summed E-state index contributed by atoms with van der Waals surface area (Å²) in [5.74, 6) is -1.15. The molecule has 2 heterocycles. The minimum Gasteiger partial charge on any atom is -0.465 e. The number of pyridine rings is 1. The minimum atomic E-state index is -0.683. The van der Waals surface area contributed by atoms with Crippen LogP contribution in [-0.4, -0.2) is 29.1 Å². The van der Waals surface area contributed by atoms with Gasteiger partial charge >= 0.3 is 5.97 Å². The van der Waals surface area contributed by atoms with Crippen LogP contribution in [0.1, 0.15) is 26.5 Å². The second-order valence-electron chi connectivity index (χ2n) is 5.64. The highest BCUT2D eigenvalue weighted by Crippen LogP contribution is 2.36. The van der Waals surface area contributed by atoms with Gasteiger partial charge in [0, 0.05) is 11.8 Å². The Kier molecular flexibility index (Phi) is 5.53. The van der Waals surface area contributed by atoms with Gasteiger partial charge in [-0.1, -0.05) is 34.4 Å². The van der Waals surface area contributed by atoms with E-state index in [1.165, 1.54) is 26.3 Å². The average molecular weight is 422 g/mol. The van der Waals surface area contributed by atoms with Gasteiger partial charge in [0.25, 0.3) is 11.5 Å². The molecule has 2 N–H and O–H groups in total. The summed E-state index contributed by atoms with van der Waals surface area (Å²) in [6.45, 7) is 1.53. The molecule has 28 heavy (non-hydrogen) atoms. The van der Waals surface area contributed by atoms with Crippen LogP contribution >= 0.6 is 23.2 Å². The molecular weight excluding hydrogens is 409 g/mol. The van der Waals surface area contributed by atoms with Gasteiger partial charge in [-0.2, -0.15) is 0 Å². The number of nitrogens with one attached hydrogen (secondary N) is 2. The molecule has 3 aromatic rings. The Labute approximate surface area is 168 Å². The maximum atomic E-state index is 12.8. The third-order valence-electron chi connectivity index (χ3n) is 3.86. The highest BCUT2D eigenvalue weighted by atomic mass is 35.5. The average Bonchev–Trinajstić information content (AvgIpc) is 3.04. The number of aryl methyl sites for hydroxylation is 1. The molecule has 8 nitrogen and oxygen atoms in total. The fourth-order valence-electron chi connectivity index (χ4n) is 2.53. The van der Waals surface area contributed by atoms with Gasteiger partial charge in [0.05, 0.1) is 22.7 Å². The molecule has 10 heteroatoms. The molecule has 0 fully saturated rings. The van der Waals surface area contributed by atoms with Gasteiger partial charge in [-0.3, -0.25) is 9.59 Å². The quantitative estimate of drug-likeness (QED) is 0.620. The molecule has 0 aliphatic carbocycles. The molecule has 0 bridgehead atoms. The van der Waals surface area contributed by atoms with Crippen molar-refractivity contribution in [3.63, 3.8) is 0 Å². The van der Waals surface area contributed by atoms with E-state index < -0.39 is 17.4 Å². The van der Waals surface area contributed by atoms with Crippen LogP contribution in [0.5, 0.6) is 0 Å². The van der Waals surface area contributed by atoms with Gasteiger partial charge in [-0.05, 0) is 25.1 Å². The fourth-order valence-corrected chi connectivity index (χ4v) is 3.11. The third-order valence-corrected chi connectivity index (χ3v) is 4.49. The number of amides is 1. The lowest BCUT2D eigenvalue weighted by Gasteiger charge is -2.08. The van der Waals surface area contributed by atoms with E-state index in [0.717, 1.165) is 0 Å². The number of benzene rings is 1. The van der Waals surface area contributed by atoms with Crippen molar-refractivity contribution >= 4 is 40.8 Å². The van der Waals surface area contributed by atoms with Crippen LogP contribution < -0.4 is 10.9 Å². The Morgan fingerprint density at radius 1 is 1.25 bits per heavy atom. The maximum absolute atomic E-state index is 12.8. The molecule has 0 saturated carbocycles. The highest BCUT2D eigenvalue weighted by molar-refractivity contribution is 6.39. The van der Waals surface area contributed by atoms with Crippen LogP contribution in [0.15, 0.2) is 39.8 Å². The molecule has 1 aromatic carbocycles. The van der Waals surface area contributed by atoms with Gasteiger partial charge in [0.1, 0.15) is 22.7 Å². The fraction of sp³-hybridized carbons (Fsp3) is 0.111. The van der Waals surface area contributed by atoms with Gasteiger partial charge in [-0.15, -0.1) is 0 Å².